The predicted octanol–water partition coefficient (Wildman–Crippen LogP) is 1.68. The van der Waals surface area contributed by atoms with Gasteiger partial charge in [0.05, 0.1) is 19.1 Å². The first-order valence-corrected chi connectivity index (χ1v) is 6.98. The van der Waals surface area contributed by atoms with Crippen molar-refractivity contribution < 1.29 is 14.3 Å². The van der Waals surface area contributed by atoms with Gasteiger partial charge in [-0.15, -0.1) is 0 Å². The number of ether oxygens (including phenoxy) is 2. The van der Waals surface area contributed by atoms with Gasteiger partial charge in [-0.05, 0) is 25.0 Å². The summed E-state index contributed by atoms with van der Waals surface area (Å²) in [5.74, 6) is 0.821. The number of rotatable bonds is 5. The zero-order chi connectivity index (χ0) is 14.4. The third kappa shape index (κ3) is 4.13. The van der Waals surface area contributed by atoms with Gasteiger partial charge in [-0.25, -0.2) is 0 Å². The van der Waals surface area contributed by atoms with Gasteiger partial charge in [0.1, 0.15) is 5.75 Å². The molecule has 2 rings (SSSR count). The van der Waals surface area contributed by atoms with E-state index < -0.39 is 0 Å². The summed E-state index contributed by atoms with van der Waals surface area (Å²) >= 11 is 0. The summed E-state index contributed by atoms with van der Waals surface area (Å²) in [6.07, 6.45) is 2.58. The number of hydrogen-bond donors (Lipinski definition) is 1. The van der Waals surface area contributed by atoms with Crippen LogP contribution in [0.5, 0.6) is 5.75 Å². The highest BCUT2D eigenvalue weighted by Crippen LogP contribution is 2.16. The lowest BCUT2D eigenvalue weighted by molar-refractivity contribution is -0.135. The van der Waals surface area contributed by atoms with Crippen molar-refractivity contribution in [2.24, 2.45) is 0 Å². The van der Waals surface area contributed by atoms with E-state index in [1.54, 1.807) is 19.2 Å². The molecule has 0 aromatic heterocycles. The quantitative estimate of drug-likeness (QED) is 0.832. The number of likely N-dealkylation sites (tertiary alicyclic amines) is 1. The Labute approximate surface area is 119 Å². The molecule has 1 heterocycles. The minimum absolute atomic E-state index is 0.121. The number of carbonyl (C=O) groups excluding carboxylic acids is 1. The Hall–Kier alpha value is -1.75. The topological polar surface area (TPSA) is 64.8 Å². The van der Waals surface area contributed by atoms with E-state index in [0.717, 1.165) is 19.4 Å². The Morgan fingerprint density at radius 3 is 3.10 bits per heavy atom. The van der Waals surface area contributed by atoms with Crippen LogP contribution in [0.15, 0.2) is 24.3 Å². The average molecular weight is 278 g/mol. The molecule has 110 valence electrons. The van der Waals surface area contributed by atoms with E-state index in [1.807, 2.05) is 17.0 Å². The molecule has 1 aromatic carbocycles. The molecule has 0 aliphatic carbocycles. The number of hydrogen-bond acceptors (Lipinski definition) is 4. The maximum absolute atomic E-state index is 12.1. The molecule has 5 nitrogen and oxygen atoms in total. The number of nitrogens with zero attached hydrogens (tertiary/aromatic N) is 1. The van der Waals surface area contributed by atoms with E-state index >= 15 is 0 Å². The van der Waals surface area contributed by atoms with Crippen LogP contribution < -0.4 is 10.5 Å². The summed E-state index contributed by atoms with van der Waals surface area (Å²) in [6.45, 7) is 1.88. The van der Waals surface area contributed by atoms with Crippen LogP contribution in [0, 0.1) is 0 Å². The Balaban J connectivity index is 1.75. The van der Waals surface area contributed by atoms with Crippen LogP contribution in [0.25, 0.3) is 0 Å². The molecule has 0 saturated carbocycles. The number of benzene rings is 1. The fourth-order valence-corrected chi connectivity index (χ4v) is 2.38. The summed E-state index contributed by atoms with van der Waals surface area (Å²) < 4.78 is 10.9. The molecule has 1 fully saturated rings. The number of piperidine rings is 1. The van der Waals surface area contributed by atoms with Gasteiger partial charge in [0, 0.05) is 32.0 Å². The maximum atomic E-state index is 12.1. The summed E-state index contributed by atoms with van der Waals surface area (Å²) in [5.41, 5.74) is 6.33. The molecule has 1 atom stereocenters. The molecule has 1 amide bonds. The second-order valence-corrected chi connectivity index (χ2v) is 5.01. The van der Waals surface area contributed by atoms with E-state index in [1.165, 1.54) is 0 Å². The molecule has 1 unspecified atom stereocenters. The fraction of sp³-hybridized carbons (Fsp3) is 0.533. The van der Waals surface area contributed by atoms with Crippen molar-refractivity contribution in [2.45, 2.75) is 25.4 Å². The number of methoxy groups -OCH3 is 1. The molecular formula is C15H22N2O3. The SMILES string of the molecule is COC1CCCN(C(=O)CCOc2cccc(N)c2)C1. The van der Waals surface area contributed by atoms with Gasteiger partial charge in [0.15, 0.2) is 0 Å². The van der Waals surface area contributed by atoms with Crippen molar-refractivity contribution in [1.82, 2.24) is 4.90 Å². The van der Waals surface area contributed by atoms with Gasteiger partial charge in [-0.3, -0.25) is 4.79 Å². The van der Waals surface area contributed by atoms with Crippen LogP contribution in [0.1, 0.15) is 19.3 Å². The van der Waals surface area contributed by atoms with E-state index in [9.17, 15) is 4.79 Å². The lowest BCUT2D eigenvalue weighted by Gasteiger charge is -2.32. The average Bonchev–Trinajstić information content (AvgIpc) is 2.47. The van der Waals surface area contributed by atoms with Crippen molar-refractivity contribution in [3.63, 3.8) is 0 Å². The van der Waals surface area contributed by atoms with E-state index in [-0.39, 0.29) is 12.0 Å². The predicted molar refractivity (Wildman–Crippen MR) is 77.6 cm³/mol. The van der Waals surface area contributed by atoms with Crippen LogP contribution in [0.2, 0.25) is 0 Å². The van der Waals surface area contributed by atoms with Crippen LogP contribution in [0.3, 0.4) is 0 Å². The highest BCUT2D eigenvalue weighted by molar-refractivity contribution is 5.76. The maximum Gasteiger partial charge on any atom is 0.226 e. The number of carbonyl (C=O) groups is 1. The first kappa shape index (κ1) is 14.7. The molecule has 20 heavy (non-hydrogen) atoms. The molecule has 0 spiro atoms. The molecule has 1 aliphatic rings. The summed E-state index contributed by atoms with van der Waals surface area (Å²) in [5, 5.41) is 0. The zero-order valence-corrected chi connectivity index (χ0v) is 11.9. The smallest absolute Gasteiger partial charge is 0.226 e. The first-order chi connectivity index (χ1) is 9.69. The number of anilines is 1. The summed E-state index contributed by atoms with van der Waals surface area (Å²) in [7, 11) is 1.70. The summed E-state index contributed by atoms with van der Waals surface area (Å²) in [6, 6.07) is 7.23. The Bertz CT molecular complexity index is 450. The van der Waals surface area contributed by atoms with Gasteiger partial charge >= 0.3 is 0 Å². The molecule has 2 N–H and O–H groups in total. The minimum Gasteiger partial charge on any atom is -0.493 e. The molecule has 1 saturated heterocycles. The van der Waals surface area contributed by atoms with Crippen molar-refractivity contribution >= 4 is 11.6 Å². The lowest BCUT2D eigenvalue weighted by Crippen LogP contribution is -2.43. The first-order valence-electron chi connectivity index (χ1n) is 6.98. The van der Waals surface area contributed by atoms with Gasteiger partial charge in [-0.1, -0.05) is 6.07 Å². The number of nitrogen functional groups attached to an aromatic ring is 1. The van der Waals surface area contributed by atoms with Gasteiger partial charge < -0.3 is 20.1 Å². The molecule has 0 radical (unpaired) electrons. The number of nitrogens with two attached hydrogens (primary N) is 1. The molecule has 1 aromatic rings. The van der Waals surface area contributed by atoms with Crippen molar-refractivity contribution in [3.05, 3.63) is 24.3 Å². The molecule has 5 heteroatoms. The van der Waals surface area contributed by atoms with Crippen molar-refractivity contribution in [3.8, 4) is 5.75 Å². The minimum atomic E-state index is 0.121. The summed E-state index contributed by atoms with van der Waals surface area (Å²) in [4.78, 5) is 13.9. The highest BCUT2D eigenvalue weighted by atomic mass is 16.5. The zero-order valence-electron chi connectivity index (χ0n) is 11.9. The van der Waals surface area contributed by atoms with Gasteiger partial charge in [-0.2, -0.15) is 0 Å². The Morgan fingerprint density at radius 2 is 2.35 bits per heavy atom. The van der Waals surface area contributed by atoms with Crippen LogP contribution >= 0.6 is 0 Å². The monoisotopic (exact) mass is 278 g/mol. The fourth-order valence-electron chi connectivity index (χ4n) is 2.38. The van der Waals surface area contributed by atoms with Crippen LogP contribution in [-0.4, -0.2) is 43.7 Å². The van der Waals surface area contributed by atoms with Crippen molar-refractivity contribution in [1.29, 1.82) is 0 Å². The molecular weight excluding hydrogens is 256 g/mol. The Morgan fingerprint density at radius 1 is 1.50 bits per heavy atom. The second kappa shape index (κ2) is 7.14. The third-order valence-electron chi connectivity index (χ3n) is 3.51. The second-order valence-electron chi connectivity index (χ2n) is 5.01. The number of amides is 1. The standard InChI is InChI=1S/C15H22N2O3/c1-19-14-6-3-8-17(11-14)15(18)7-9-20-13-5-2-4-12(16)10-13/h2,4-5,10,14H,3,6-9,11,16H2,1H3. The molecule has 1 aliphatic heterocycles. The van der Waals surface area contributed by atoms with Crippen LogP contribution in [0.4, 0.5) is 5.69 Å². The van der Waals surface area contributed by atoms with E-state index in [0.29, 0.717) is 31.0 Å². The molecule has 0 bridgehead atoms. The van der Waals surface area contributed by atoms with Gasteiger partial charge in [0.2, 0.25) is 5.91 Å². The third-order valence-corrected chi connectivity index (χ3v) is 3.51. The largest absolute Gasteiger partial charge is 0.493 e. The van der Waals surface area contributed by atoms with E-state index in [4.69, 9.17) is 15.2 Å². The van der Waals surface area contributed by atoms with E-state index in [2.05, 4.69) is 0 Å². The van der Waals surface area contributed by atoms with Crippen LogP contribution in [-0.2, 0) is 9.53 Å². The normalized spacial score (nSPS) is 18.9. The lowest BCUT2D eigenvalue weighted by atomic mass is 10.1. The van der Waals surface area contributed by atoms with Gasteiger partial charge in [0.25, 0.3) is 0 Å². The Kier molecular flexibility index (Phi) is 5.24. The van der Waals surface area contributed by atoms with Crippen molar-refractivity contribution in [2.75, 3.05) is 32.5 Å². The highest BCUT2D eigenvalue weighted by Gasteiger charge is 2.22.